The SMILES string of the molecule is CCOP(=O)(CC)OCC.CCOP(=O)(CS(=O)(=O)c1ccc(N)cc1)OCC.CCOP(=O)(CS(=O)(=O)c1ccc(NC(=O)c2nc(-c3ccc(C)cc3)cnc2N)cc1)OCC.CCOP(=O)(CS(=O)(=O)c1ccc([N+](=O)[O-])cc1)OCC.CCOP(=O)(CSc1ccc([N+](=O)[O-])cc1)OCC.CS.Cc1ccc(-c2cnc(N)c(C(=O)O)n2)cc1.O=[N+]([O-])c1ccc(S)cc1. The number of benzene rings is 7. The number of nitrogen functional groups attached to an aromatic ring is 3. The van der Waals surface area contributed by atoms with Crippen LogP contribution in [0.25, 0.3) is 22.5 Å². The zero-order chi connectivity index (χ0) is 101. The van der Waals surface area contributed by atoms with E-state index in [0.29, 0.717) is 55.4 Å². The Labute approximate surface area is 789 Å². The number of aryl methyl sites for hydroxylation is 2. The lowest BCUT2D eigenvalue weighted by Crippen LogP contribution is -2.17. The number of nitrogens with one attached hydrogen (secondary N) is 1. The third kappa shape index (κ3) is 43.2. The second-order valence-corrected chi connectivity index (χ2v) is 45.7. The van der Waals surface area contributed by atoms with Gasteiger partial charge in [-0.15, -0.1) is 24.4 Å². The van der Waals surface area contributed by atoms with Gasteiger partial charge in [0.25, 0.3) is 23.0 Å². The second kappa shape index (κ2) is 59.7. The summed E-state index contributed by atoms with van der Waals surface area (Å²) < 4.78 is 185. The molecule has 9 rings (SSSR count). The zero-order valence-electron chi connectivity index (χ0n) is 75.3. The van der Waals surface area contributed by atoms with Crippen LogP contribution in [-0.2, 0) is 97.6 Å². The van der Waals surface area contributed by atoms with E-state index in [-0.39, 0.29) is 99.9 Å². The maximum atomic E-state index is 12.8. The molecule has 0 atom stereocenters. The molecule has 0 bridgehead atoms. The number of nitrogens with zero attached hydrogens (tertiary/aromatic N) is 7. The molecule has 0 radical (unpaired) electrons. The monoisotopic (exact) mass is 2070 g/mol. The standard InChI is InChI=1S/C23H27N4O6PS.C12H11N3O2.C11H16NO7PS.C11H18NO5PS.C11H16NO5PS.C6H5NO2S.C6H15O3P.CH4S/c1-4-32-34(29,33-5-2)15-35(30,31)19-12-10-18(11-13-19)26-23(28)21-22(24)25-14-20(27-21)17-8-6-16(3)7-9-17;1-7-2-4-8(5-3-7)9-6-14-11(13)10(15-9)12(16)17;1-3-18-20(15,19-4-2)9-21(16,17)11-7-5-10(6-8-11)12(13)14;1-3-16-18(13,17-4-2)9-19(14,15)11-7-5-10(12)6-8-11;1-3-16-18(15,17-4-2)9-19-11-7-5-10(6-8-11)12(13)14;8-7(9)5-1-3-6(10)4-2-5;1-4-8-10(7,6-3)9-5-2;1-2/h6-14H,4-5,15H2,1-3H3,(H2,24,25)(H,26,28);2-6H,1H3,(H2,13,14)(H,16,17);5-8H,3-4,9H2,1-2H3;5-8H,3-4,9,12H2,1-2H3;5-8H,3-4,9H2,1-2H3;1-4,10H;4-6H2,1-3H3;2H,1H3. The minimum absolute atomic E-state index is 0.0298. The zero-order valence-corrected chi connectivity index (χ0v) is 84.9. The molecule has 0 aliphatic heterocycles. The van der Waals surface area contributed by atoms with Gasteiger partial charge >= 0.3 is 43.9 Å². The molecular weight excluding hydrogens is 1950 g/mol. The van der Waals surface area contributed by atoms with Crippen molar-refractivity contribution >= 4 is 156 Å². The highest BCUT2D eigenvalue weighted by Crippen LogP contribution is 2.54. The number of nitrogens with two attached hydrogens (primary N) is 3. The van der Waals surface area contributed by atoms with Crippen molar-refractivity contribution in [2.45, 2.75) is 114 Å². The molecule has 0 saturated carbocycles. The summed E-state index contributed by atoms with van der Waals surface area (Å²) in [6.07, 6.45) is 5.10. The first-order valence-electron chi connectivity index (χ1n) is 40.1. The van der Waals surface area contributed by atoms with E-state index in [1.54, 1.807) is 107 Å². The molecule has 8 N–H and O–H groups in total. The molecule has 1 amide bonds. The fraction of sp³-hybridized carbons (Fsp3) is 0.358. The van der Waals surface area contributed by atoms with E-state index in [1.165, 1.54) is 97.0 Å². The Morgan fingerprint density at radius 3 is 1.00 bits per heavy atom. The molecule has 0 aliphatic carbocycles. The van der Waals surface area contributed by atoms with Gasteiger partial charge in [-0.25, -0.2) is 50.0 Å². The van der Waals surface area contributed by atoms with Crippen molar-refractivity contribution in [2.24, 2.45) is 0 Å². The van der Waals surface area contributed by atoms with E-state index < -0.39 is 111 Å². The lowest BCUT2D eigenvalue weighted by Gasteiger charge is -2.17. The lowest BCUT2D eigenvalue weighted by atomic mass is 10.1. The highest BCUT2D eigenvalue weighted by atomic mass is 32.2. The van der Waals surface area contributed by atoms with Gasteiger partial charge in [0.05, 0.1) is 119 Å². The van der Waals surface area contributed by atoms with Gasteiger partial charge in [0.2, 0.25) is 0 Å². The van der Waals surface area contributed by atoms with Gasteiger partial charge in [0.15, 0.2) is 69.0 Å². The number of rotatable bonds is 41. The first-order valence-corrected chi connectivity index (χ1v) is 56.0. The van der Waals surface area contributed by atoms with Crippen molar-refractivity contribution in [2.75, 3.05) is 123 Å². The van der Waals surface area contributed by atoms with Crippen LogP contribution < -0.4 is 22.5 Å². The number of thioether (sulfide) groups is 1. The van der Waals surface area contributed by atoms with Gasteiger partial charge in [0.1, 0.15) is 5.49 Å². The Morgan fingerprint density at radius 1 is 0.414 bits per heavy atom. The maximum Gasteiger partial charge on any atom is 0.358 e. The van der Waals surface area contributed by atoms with Gasteiger partial charge in [-0.05, 0) is 174 Å². The number of sulfone groups is 3. The van der Waals surface area contributed by atoms with Crippen LogP contribution in [-0.4, -0.2) is 177 Å². The van der Waals surface area contributed by atoms with Crippen LogP contribution in [0.4, 0.5) is 40.1 Å². The Hall–Kier alpha value is -9.11. The number of carboxylic acids is 1. The van der Waals surface area contributed by atoms with Crippen LogP contribution >= 0.6 is 75.0 Å². The average molecular weight is 2070 g/mol. The number of thiol groups is 2. The molecule has 2 heterocycles. The van der Waals surface area contributed by atoms with Gasteiger partial charge in [-0.3, -0.25) is 58.0 Å². The van der Waals surface area contributed by atoms with Crippen molar-refractivity contribution in [3.05, 3.63) is 235 Å². The first-order chi connectivity index (χ1) is 62.6. The molecule has 0 aliphatic rings. The molecule has 7 aromatic carbocycles. The van der Waals surface area contributed by atoms with Crippen molar-refractivity contribution < 1.29 is 123 Å². The Bertz CT molecular complexity index is 5760. The minimum Gasteiger partial charge on any atom is -0.476 e. The third-order valence-electron chi connectivity index (χ3n) is 16.0. The quantitative estimate of drug-likeness (QED) is 0.00467. The highest BCUT2D eigenvalue weighted by molar-refractivity contribution is 8.04. The topological polar surface area (TPSA) is 606 Å². The normalized spacial score (nSPS) is 11.4. The molecular formula is C81H112N11O30P5S6. The number of anilines is 4. The fourth-order valence-corrected chi connectivity index (χ4v) is 27.3. The number of hydrogen-bond donors (Lipinski definition) is 7. The average Bonchev–Trinajstić information content (AvgIpc) is 0.816. The number of hydrogen-bond acceptors (Lipinski definition) is 39. The number of nitro groups is 3. The van der Waals surface area contributed by atoms with Gasteiger partial charge < -0.3 is 72.9 Å². The van der Waals surface area contributed by atoms with E-state index in [9.17, 15) is 88.0 Å². The molecule has 133 heavy (non-hydrogen) atoms. The van der Waals surface area contributed by atoms with E-state index >= 15 is 0 Å². The van der Waals surface area contributed by atoms with E-state index in [0.717, 1.165) is 56.3 Å². The summed E-state index contributed by atoms with van der Waals surface area (Å²) in [6, 6.07) is 42.6. The third-order valence-corrected chi connectivity index (χ3v) is 36.8. The Morgan fingerprint density at radius 2 is 0.692 bits per heavy atom. The number of amides is 1. The molecule has 52 heteroatoms. The maximum absolute atomic E-state index is 12.8. The Balaban J connectivity index is 0.000000543. The number of carbonyl (C=O) groups excluding carboxylic acids is 1. The van der Waals surface area contributed by atoms with Gasteiger partial charge in [0, 0.05) is 74.9 Å². The summed E-state index contributed by atoms with van der Waals surface area (Å²) in [4.78, 5) is 70.8. The molecule has 41 nitrogen and oxygen atoms in total. The summed E-state index contributed by atoms with van der Waals surface area (Å²) in [5.74, 6) is -1.89. The van der Waals surface area contributed by atoms with Crippen LogP contribution in [0, 0.1) is 44.2 Å². The van der Waals surface area contributed by atoms with Gasteiger partial charge in [-0.1, -0.05) is 66.6 Å². The predicted octanol–water partition coefficient (Wildman–Crippen LogP) is 19.5. The van der Waals surface area contributed by atoms with Crippen molar-refractivity contribution in [3.8, 4) is 22.5 Å². The summed E-state index contributed by atoms with van der Waals surface area (Å²) in [7, 11) is -28.7. The van der Waals surface area contributed by atoms with Crippen molar-refractivity contribution in [1.82, 2.24) is 19.9 Å². The molecule has 0 unspecified atom stereocenters. The number of non-ortho nitro benzene ring substituents is 3. The molecule has 9 aromatic rings. The predicted molar refractivity (Wildman–Crippen MR) is 519 cm³/mol. The molecule has 732 valence electrons. The second-order valence-electron chi connectivity index (χ2n) is 25.9. The van der Waals surface area contributed by atoms with Crippen molar-refractivity contribution in [3.63, 3.8) is 0 Å². The number of nitro benzene ring substituents is 3. The number of aromatic nitrogens is 4. The first kappa shape index (κ1) is 120. The summed E-state index contributed by atoms with van der Waals surface area (Å²) >= 11 is 8.80. The van der Waals surface area contributed by atoms with Crippen LogP contribution in [0.3, 0.4) is 0 Å². The molecule has 2 aromatic heterocycles. The lowest BCUT2D eigenvalue weighted by molar-refractivity contribution is -0.385. The van der Waals surface area contributed by atoms with Crippen LogP contribution in [0.2, 0.25) is 0 Å². The van der Waals surface area contributed by atoms with Crippen LogP contribution in [0.1, 0.15) is 108 Å². The molecule has 0 spiro atoms. The Kier molecular flexibility index (Phi) is 53.8. The van der Waals surface area contributed by atoms with Crippen molar-refractivity contribution in [1.29, 1.82) is 0 Å². The summed E-state index contributed by atoms with van der Waals surface area (Å²) in [5, 5.41) is 42.7. The fourth-order valence-electron chi connectivity index (χ4n) is 10.1. The van der Waals surface area contributed by atoms with E-state index in [4.69, 9.17) is 67.5 Å². The number of aromatic carboxylic acids is 1. The van der Waals surface area contributed by atoms with E-state index in [2.05, 4.69) is 50.5 Å². The van der Waals surface area contributed by atoms with Crippen LogP contribution in [0.5, 0.6) is 0 Å². The molecule has 0 fully saturated rings. The van der Waals surface area contributed by atoms with Gasteiger partial charge in [-0.2, -0.15) is 12.6 Å². The number of carbonyl (C=O) groups is 2. The summed E-state index contributed by atoms with van der Waals surface area (Å²) in [6.45, 7) is 24.4. The minimum atomic E-state index is -3.97. The smallest absolute Gasteiger partial charge is 0.358 e. The number of carboxylic acid groups (broad SMARTS) is 1. The highest BCUT2D eigenvalue weighted by Gasteiger charge is 2.36. The van der Waals surface area contributed by atoms with Crippen LogP contribution in [0.15, 0.2) is 207 Å². The largest absolute Gasteiger partial charge is 0.476 e. The molecule has 0 saturated heterocycles. The summed E-state index contributed by atoms with van der Waals surface area (Å²) in [5.41, 5.74) is 19.9. The van der Waals surface area contributed by atoms with E-state index in [1.807, 2.05) is 62.4 Å².